The van der Waals surface area contributed by atoms with Gasteiger partial charge in [-0.15, -0.1) is 11.6 Å². The number of nitrogens with zero attached hydrogens (tertiary/aromatic N) is 2. The number of benzene rings is 1. The molecule has 1 heterocycles. The number of hydrogen-bond acceptors (Lipinski definition) is 2. The van der Waals surface area contributed by atoms with Crippen LogP contribution in [-0.4, -0.2) is 26.9 Å². The predicted molar refractivity (Wildman–Crippen MR) is 103 cm³/mol. The number of nitrogens with one attached hydrogen (secondary N) is 1. The van der Waals surface area contributed by atoms with Gasteiger partial charge < -0.3 is 9.88 Å². The van der Waals surface area contributed by atoms with Crippen LogP contribution in [0.5, 0.6) is 0 Å². The van der Waals surface area contributed by atoms with Crippen LogP contribution in [0.15, 0.2) is 24.3 Å². The fraction of sp³-hybridized carbons (Fsp3) is 0.619. The molecular weight excluding hydrogens is 346 g/mol. The molecule has 6 rings (SSSR count). The zero-order valence-electron chi connectivity index (χ0n) is 15.3. The number of rotatable bonds is 4. The molecule has 4 nitrogen and oxygen atoms in total. The Morgan fingerprint density at radius 3 is 2.73 bits per heavy atom. The maximum absolute atomic E-state index is 13.1. The van der Waals surface area contributed by atoms with Crippen molar-refractivity contribution in [3.05, 3.63) is 30.1 Å². The molecule has 2 aromatic rings. The van der Waals surface area contributed by atoms with Gasteiger partial charge in [0.05, 0.1) is 16.4 Å². The highest BCUT2D eigenvalue weighted by atomic mass is 35.5. The van der Waals surface area contributed by atoms with E-state index in [-0.39, 0.29) is 16.2 Å². The standard InChI is InChI=1S/C21H26ClN3O/c1-14-24-17-4-2-3-5-18(17)25(14)7-6-23-19(26)20-9-15-8-16(10-20)12-21(22,11-15)13-20/h2-5,15-16H,6-13H2,1H3,(H,23,26). The van der Waals surface area contributed by atoms with Crippen molar-refractivity contribution < 1.29 is 4.79 Å². The van der Waals surface area contributed by atoms with E-state index in [0.29, 0.717) is 18.4 Å². The second-order valence-electron chi connectivity index (χ2n) is 8.95. The number of hydrogen-bond donors (Lipinski definition) is 1. The van der Waals surface area contributed by atoms with Crippen molar-refractivity contribution in [3.63, 3.8) is 0 Å². The second kappa shape index (κ2) is 5.72. The van der Waals surface area contributed by atoms with Gasteiger partial charge in [-0.25, -0.2) is 4.98 Å². The normalized spacial score (nSPS) is 35.2. The summed E-state index contributed by atoms with van der Waals surface area (Å²) in [5.74, 6) is 2.53. The summed E-state index contributed by atoms with van der Waals surface area (Å²) in [7, 11) is 0. The molecule has 26 heavy (non-hydrogen) atoms. The van der Waals surface area contributed by atoms with Gasteiger partial charge in [0.1, 0.15) is 5.82 Å². The van der Waals surface area contributed by atoms with Crippen LogP contribution in [0.3, 0.4) is 0 Å². The van der Waals surface area contributed by atoms with Crippen molar-refractivity contribution in [1.82, 2.24) is 14.9 Å². The van der Waals surface area contributed by atoms with Crippen molar-refractivity contribution in [2.75, 3.05) is 6.54 Å². The van der Waals surface area contributed by atoms with Gasteiger partial charge in [0.25, 0.3) is 0 Å². The minimum absolute atomic E-state index is 0.113. The second-order valence-corrected chi connectivity index (χ2v) is 9.75. The third-order valence-corrected chi connectivity index (χ3v) is 7.38. The number of aryl methyl sites for hydroxylation is 1. The van der Waals surface area contributed by atoms with Crippen LogP contribution in [0.1, 0.15) is 44.3 Å². The minimum atomic E-state index is -0.210. The molecule has 0 spiro atoms. The zero-order chi connectivity index (χ0) is 17.9. The third-order valence-electron chi connectivity index (χ3n) is 6.94. The smallest absolute Gasteiger partial charge is 0.226 e. The molecule has 4 saturated carbocycles. The highest BCUT2D eigenvalue weighted by molar-refractivity contribution is 6.24. The van der Waals surface area contributed by atoms with Gasteiger partial charge in [0.15, 0.2) is 0 Å². The molecule has 2 atom stereocenters. The number of fused-ring (bicyclic) bond motifs is 1. The van der Waals surface area contributed by atoms with Crippen LogP contribution in [-0.2, 0) is 11.3 Å². The Bertz CT molecular complexity index is 859. The molecular formula is C21H26ClN3O. The molecule has 5 heteroatoms. The summed E-state index contributed by atoms with van der Waals surface area (Å²) in [6, 6.07) is 8.17. The van der Waals surface area contributed by atoms with Gasteiger partial charge in [-0.3, -0.25) is 4.79 Å². The lowest BCUT2D eigenvalue weighted by Gasteiger charge is -2.59. The topological polar surface area (TPSA) is 46.9 Å². The van der Waals surface area contributed by atoms with Gasteiger partial charge in [-0.1, -0.05) is 12.1 Å². The molecule has 4 bridgehead atoms. The van der Waals surface area contributed by atoms with Gasteiger partial charge in [0, 0.05) is 18.0 Å². The summed E-state index contributed by atoms with van der Waals surface area (Å²) < 4.78 is 2.19. The largest absolute Gasteiger partial charge is 0.354 e. The summed E-state index contributed by atoms with van der Waals surface area (Å²) in [4.78, 5) is 17.6. The summed E-state index contributed by atoms with van der Waals surface area (Å²) in [5, 5.41) is 3.24. The van der Waals surface area contributed by atoms with E-state index in [2.05, 4.69) is 20.9 Å². The molecule has 4 fully saturated rings. The van der Waals surface area contributed by atoms with Gasteiger partial charge >= 0.3 is 0 Å². The number of carbonyl (C=O) groups excluding carboxylic acids is 1. The van der Waals surface area contributed by atoms with Crippen molar-refractivity contribution in [2.24, 2.45) is 17.3 Å². The van der Waals surface area contributed by atoms with Crippen molar-refractivity contribution in [2.45, 2.75) is 56.9 Å². The number of imidazole rings is 1. The molecule has 4 aliphatic carbocycles. The Balaban J connectivity index is 1.29. The summed E-state index contributed by atoms with van der Waals surface area (Å²) in [6.07, 6.45) is 6.45. The van der Waals surface area contributed by atoms with Crippen LogP contribution in [0, 0.1) is 24.2 Å². The van der Waals surface area contributed by atoms with E-state index >= 15 is 0 Å². The highest BCUT2D eigenvalue weighted by Gasteiger charge is 2.59. The van der Waals surface area contributed by atoms with E-state index in [9.17, 15) is 4.79 Å². The Morgan fingerprint density at radius 1 is 1.27 bits per heavy atom. The first-order chi connectivity index (χ1) is 12.5. The molecule has 4 aliphatic rings. The molecule has 0 saturated heterocycles. The Kier molecular flexibility index (Phi) is 3.66. The third kappa shape index (κ3) is 2.57. The predicted octanol–water partition coefficient (Wildman–Crippen LogP) is 4.04. The molecule has 1 amide bonds. The van der Waals surface area contributed by atoms with E-state index in [0.717, 1.165) is 55.5 Å². The van der Waals surface area contributed by atoms with E-state index in [1.54, 1.807) is 0 Å². The lowest BCUT2D eigenvalue weighted by molar-refractivity contribution is -0.144. The maximum Gasteiger partial charge on any atom is 0.226 e. The van der Waals surface area contributed by atoms with Gasteiger partial charge in [0.2, 0.25) is 5.91 Å². The van der Waals surface area contributed by atoms with Gasteiger partial charge in [-0.2, -0.15) is 0 Å². The monoisotopic (exact) mass is 371 g/mol. The molecule has 1 N–H and O–H groups in total. The first-order valence-corrected chi connectivity index (χ1v) is 10.2. The average Bonchev–Trinajstić information content (AvgIpc) is 2.88. The number of para-hydroxylation sites is 2. The number of halogens is 1. The Morgan fingerprint density at radius 2 is 2.00 bits per heavy atom. The highest BCUT2D eigenvalue weighted by Crippen LogP contribution is 2.63. The SMILES string of the molecule is Cc1nc2ccccc2n1CCNC(=O)C12CC3CC(CC(Cl)(C3)C1)C2. The Hall–Kier alpha value is -1.55. The fourth-order valence-electron chi connectivity index (χ4n) is 6.36. The number of carbonyl (C=O) groups is 1. The summed E-state index contributed by atoms with van der Waals surface area (Å²) in [6.45, 7) is 3.43. The maximum atomic E-state index is 13.1. The van der Waals surface area contributed by atoms with E-state index < -0.39 is 0 Å². The van der Waals surface area contributed by atoms with Crippen LogP contribution < -0.4 is 5.32 Å². The first-order valence-electron chi connectivity index (χ1n) is 9.86. The Labute approximate surface area is 159 Å². The molecule has 1 aromatic heterocycles. The molecule has 138 valence electrons. The quantitative estimate of drug-likeness (QED) is 0.824. The fourth-order valence-corrected chi connectivity index (χ4v) is 7.06. The van der Waals surface area contributed by atoms with E-state index in [4.69, 9.17) is 11.6 Å². The first kappa shape index (κ1) is 16.6. The number of alkyl halides is 1. The zero-order valence-corrected chi connectivity index (χ0v) is 16.1. The average molecular weight is 372 g/mol. The summed E-state index contributed by atoms with van der Waals surface area (Å²) >= 11 is 6.87. The van der Waals surface area contributed by atoms with Crippen LogP contribution in [0.4, 0.5) is 0 Å². The molecule has 0 aliphatic heterocycles. The van der Waals surface area contributed by atoms with Gasteiger partial charge in [-0.05, 0) is 69.4 Å². The number of aromatic nitrogens is 2. The van der Waals surface area contributed by atoms with E-state index in [1.807, 2.05) is 25.1 Å². The lowest BCUT2D eigenvalue weighted by Crippen LogP contribution is -2.58. The lowest BCUT2D eigenvalue weighted by atomic mass is 9.49. The van der Waals surface area contributed by atoms with Crippen LogP contribution >= 0.6 is 11.6 Å². The van der Waals surface area contributed by atoms with Crippen molar-refractivity contribution in [1.29, 1.82) is 0 Å². The van der Waals surface area contributed by atoms with Crippen molar-refractivity contribution in [3.8, 4) is 0 Å². The van der Waals surface area contributed by atoms with Crippen LogP contribution in [0.25, 0.3) is 11.0 Å². The molecule has 2 unspecified atom stereocenters. The molecule has 0 radical (unpaired) electrons. The minimum Gasteiger partial charge on any atom is -0.354 e. The summed E-state index contributed by atoms with van der Waals surface area (Å²) in [5.41, 5.74) is 1.94. The number of amides is 1. The van der Waals surface area contributed by atoms with Crippen LogP contribution in [0.2, 0.25) is 0 Å². The molecule has 1 aromatic carbocycles. The van der Waals surface area contributed by atoms with Crippen molar-refractivity contribution >= 4 is 28.5 Å². The van der Waals surface area contributed by atoms with E-state index in [1.165, 1.54) is 6.42 Å².